The van der Waals surface area contributed by atoms with Crippen molar-refractivity contribution < 1.29 is 4.79 Å². The zero-order valence-electron chi connectivity index (χ0n) is 16.7. The van der Waals surface area contributed by atoms with Crippen LogP contribution in [0.25, 0.3) is 0 Å². The van der Waals surface area contributed by atoms with Gasteiger partial charge in [-0.2, -0.15) is 0 Å². The average Bonchev–Trinajstić information content (AvgIpc) is 3.12. The summed E-state index contributed by atoms with van der Waals surface area (Å²) in [6.45, 7) is 2.72. The molecule has 3 heterocycles. The van der Waals surface area contributed by atoms with Crippen molar-refractivity contribution in [3.05, 3.63) is 70.9 Å². The Bertz CT molecular complexity index is 1110. The molecule has 30 heavy (non-hydrogen) atoms. The van der Waals surface area contributed by atoms with Gasteiger partial charge >= 0.3 is 0 Å². The number of rotatable bonds is 4. The molecule has 1 aromatic carbocycles. The fourth-order valence-electron chi connectivity index (χ4n) is 4.27. The number of nitrogens with one attached hydrogen (secondary N) is 1. The molecule has 0 radical (unpaired) electrons. The van der Waals surface area contributed by atoms with E-state index in [0.29, 0.717) is 5.02 Å². The summed E-state index contributed by atoms with van der Waals surface area (Å²) >= 11 is 5.96. The predicted molar refractivity (Wildman–Crippen MR) is 117 cm³/mol. The van der Waals surface area contributed by atoms with Gasteiger partial charge in [0.15, 0.2) is 0 Å². The van der Waals surface area contributed by atoms with E-state index in [1.165, 1.54) is 0 Å². The molecule has 3 aromatic rings. The first kappa shape index (κ1) is 19.0. The van der Waals surface area contributed by atoms with Crippen LogP contribution in [0.4, 0.5) is 17.2 Å². The number of nitrogens with zero attached hydrogens (tertiary/aromatic N) is 4. The molecule has 1 aliphatic carbocycles. The highest BCUT2D eigenvalue weighted by Crippen LogP contribution is 2.45. The van der Waals surface area contributed by atoms with Gasteiger partial charge in [-0.1, -0.05) is 18.0 Å². The molecule has 2 aromatic heterocycles. The van der Waals surface area contributed by atoms with E-state index in [4.69, 9.17) is 16.6 Å². The van der Waals surface area contributed by atoms with E-state index in [9.17, 15) is 4.79 Å². The Morgan fingerprint density at radius 3 is 2.60 bits per heavy atom. The molecule has 5 rings (SSSR count). The summed E-state index contributed by atoms with van der Waals surface area (Å²) in [6, 6.07) is 13.2. The van der Waals surface area contributed by atoms with Crippen LogP contribution in [0.5, 0.6) is 0 Å². The number of hydrogen-bond acceptors (Lipinski definition) is 5. The van der Waals surface area contributed by atoms with Crippen LogP contribution in [-0.4, -0.2) is 27.4 Å². The molecule has 1 saturated carbocycles. The molecule has 152 valence electrons. The Labute approximate surface area is 180 Å². The van der Waals surface area contributed by atoms with Crippen LogP contribution in [0.15, 0.2) is 48.7 Å². The van der Waals surface area contributed by atoms with Crippen LogP contribution >= 0.6 is 11.6 Å². The Kier molecular flexibility index (Phi) is 4.66. The highest BCUT2D eigenvalue weighted by atomic mass is 35.5. The van der Waals surface area contributed by atoms with Gasteiger partial charge in [0.05, 0.1) is 22.5 Å². The molecule has 1 aliphatic heterocycles. The molecule has 2 aliphatic rings. The first-order chi connectivity index (χ1) is 14.5. The highest BCUT2D eigenvalue weighted by Gasteiger charge is 2.47. The zero-order chi connectivity index (χ0) is 20.7. The van der Waals surface area contributed by atoms with Crippen molar-refractivity contribution in [2.75, 3.05) is 16.8 Å². The van der Waals surface area contributed by atoms with Gasteiger partial charge in [0.25, 0.3) is 0 Å². The topological polar surface area (TPSA) is 71.0 Å². The summed E-state index contributed by atoms with van der Waals surface area (Å²) in [5, 5.41) is 3.70. The van der Waals surface area contributed by atoms with Crippen molar-refractivity contribution in [1.29, 1.82) is 0 Å². The summed E-state index contributed by atoms with van der Waals surface area (Å²) in [4.78, 5) is 29.1. The normalized spacial score (nSPS) is 16.7. The monoisotopic (exact) mass is 419 g/mol. The van der Waals surface area contributed by atoms with Gasteiger partial charge in [-0.3, -0.25) is 9.78 Å². The quantitative estimate of drug-likeness (QED) is 0.669. The van der Waals surface area contributed by atoms with Crippen molar-refractivity contribution in [3.63, 3.8) is 0 Å². The van der Waals surface area contributed by atoms with Gasteiger partial charge in [-0.25, -0.2) is 9.97 Å². The molecular weight excluding hydrogens is 398 g/mol. The number of aromatic nitrogens is 3. The van der Waals surface area contributed by atoms with E-state index in [2.05, 4.69) is 26.3 Å². The number of fused-ring (bicyclic) bond motifs is 1. The second-order valence-electron chi connectivity index (χ2n) is 7.92. The third-order valence-electron chi connectivity index (χ3n) is 6.09. The fourth-order valence-corrected chi connectivity index (χ4v) is 4.40. The molecule has 0 spiro atoms. The van der Waals surface area contributed by atoms with Crippen LogP contribution in [0.3, 0.4) is 0 Å². The van der Waals surface area contributed by atoms with E-state index in [-0.39, 0.29) is 5.91 Å². The number of carbonyl (C=O) groups excluding carboxylic acids is 1. The Balaban J connectivity index is 1.42. The van der Waals surface area contributed by atoms with E-state index in [1.807, 2.05) is 31.2 Å². The predicted octanol–water partition coefficient (Wildman–Crippen LogP) is 4.59. The highest BCUT2D eigenvalue weighted by molar-refractivity contribution is 6.30. The van der Waals surface area contributed by atoms with Gasteiger partial charge < -0.3 is 10.2 Å². The van der Waals surface area contributed by atoms with Crippen LogP contribution in [-0.2, 0) is 16.6 Å². The van der Waals surface area contributed by atoms with Crippen LogP contribution < -0.4 is 10.2 Å². The minimum atomic E-state index is -0.562. The number of aryl methyl sites for hydroxylation is 1. The lowest BCUT2D eigenvalue weighted by atomic mass is 9.65. The molecule has 6 nitrogen and oxygen atoms in total. The first-order valence-corrected chi connectivity index (χ1v) is 10.6. The third kappa shape index (κ3) is 3.21. The molecule has 1 amide bonds. The standard InChI is InChI=1S/C23H22ClN5O/c1-15-25-13-9-21(26-15)29-14-10-18-19(29)7-8-20(28-18)23(11-2-12-23)22(30)27-17-5-3-16(24)4-6-17/h3-9,13H,2,10-12,14H2,1H3,(H,27,30). The molecule has 7 heteroatoms. The largest absolute Gasteiger partial charge is 0.325 e. The third-order valence-corrected chi connectivity index (χ3v) is 6.34. The van der Waals surface area contributed by atoms with Crippen LogP contribution in [0.2, 0.25) is 5.02 Å². The van der Waals surface area contributed by atoms with Gasteiger partial charge in [0, 0.05) is 29.9 Å². The molecule has 0 atom stereocenters. The summed E-state index contributed by atoms with van der Waals surface area (Å²) in [5.74, 6) is 1.64. The molecule has 0 saturated heterocycles. The van der Waals surface area contributed by atoms with E-state index < -0.39 is 5.41 Å². The van der Waals surface area contributed by atoms with Crippen LogP contribution in [0.1, 0.15) is 36.5 Å². The average molecular weight is 420 g/mol. The molecule has 0 bridgehead atoms. The Hall–Kier alpha value is -2.99. The molecular formula is C23H22ClN5O. The molecule has 1 N–H and O–H groups in total. The Morgan fingerprint density at radius 2 is 1.90 bits per heavy atom. The van der Waals surface area contributed by atoms with Crippen molar-refractivity contribution in [1.82, 2.24) is 15.0 Å². The number of amides is 1. The van der Waals surface area contributed by atoms with Gasteiger partial charge in [0.2, 0.25) is 5.91 Å². The van der Waals surface area contributed by atoms with E-state index in [1.54, 1.807) is 18.3 Å². The van der Waals surface area contributed by atoms with E-state index >= 15 is 0 Å². The summed E-state index contributed by atoms with van der Waals surface area (Å²) in [6.07, 6.45) is 5.27. The maximum absolute atomic E-state index is 13.2. The number of carbonyl (C=O) groups is 1. The van der Waals surface area contributed by atoms with E-state index in [0.717, 1.165) is 66.6 Å². The van der Waals surface area contributed by atoms with Crippen LogP contribution in [0, 0.1) is 6.92 Å². The number of halogens is 1. The van der Waals surface area contributed by atoms with Crippen molar-refractivity contribution in [3.8, 4) is 0 Å². The SMILES string of the molecule is Cc1nccc(N2CCc3nc(C4(C(=O)Nc5ccc(Cl)cc5)CCC4)ccc32)n1. The number of benzene rings is 1. The minimum absolute atomic E-state index is 0.00445. The summed E-state index contributed by atoms with van der Waals surface area (Å²) in [7, 11) is 0. The number of hydrogen-bond donors (Lipinski definition) is 1. The second-order valence-corrected chi connectivity index (χ2v) is 8.36. The van der Waals surface area contributed by atoms with Crippen molar-refractivity contribution >= 4 is 34.7 Å². The van der Waals surface area contributed by atoms with Crippen molar-refractivity contribution in [2.45, 2.75) is 38.0 Å². The fraction of sp³-hybridized carbons (Fsp3) is 0.304. The lowest BCUT2D eigenvalue weighted by Gasteiger charge is -2.40. The maximum atomic E-state index is 13.2. The Morgan fingerprint density at radius 1 is 1.10 bits per heavy atom. The smallest absolute Gasteiger partial charge is 0.236 e. The first-order valence-electron chi connectivity index (χ1n) is 10.2. The lowest BCUT2D eigenvalue weighted by Crippen LogP contribution is -2.46. The second kappa shape index (κ2) is 7.36. The minimum Gasteiger partial charge on any atom is -0.325 e. The summed E-state index contributed by atoms with van der Waals surface area (Å²) in [5.41, 5.74) is 3.13. The molecule has 1 fully saturated rings. The van der Waals surface area contributed by atoms with Gasteiger partial charge in [0.1, 0.15) is 11.6 Å². The summed E-state index contributed by atoms with van der Waals surface area (Å²) < 4.78 is 0. The number of anilines is 3. The number of pyridine rings is 1. The lowest BCUT2D eigenvalue weighted by molar-refractivity contribution is -0.124. The van der Waals surface area contributed by atoms with Crippen molar-refractivity contribution in [2.24, 2.45) is 0 Å². The zero-order valence-corrected chi connectivity index (χ0v) is 17.5. The maximum Gasteiger partial charge on any atom is 0.236 e. The molecule has 0 unspecified atom stereocenters. The van der Waals surface area contributed by atoms with Gasteiger partial charge in [-0.15, -0.1) is 0 Å². The van der Waals surface area contributed by atoms with Gasteiger partial charge in [-0.05, 0) is 62.2 Å².